The van der Waals surface area contributed by atoms with Crippen molar-refractivity contribution in [1.82, 2.24) is 14.9 Å². The molecule has 0 radical (unpaired) electrons. The van der Waals surface area contributed by atoms with Crippen molar-refractivity contribution < 1.29 is 13.6 Å². The van der Waals surface area contributed by atoms with E-state index in [1.54, 1.807) is 23.3 Å². The Morgan fingerprint density at radius 1 is 1.34 bits per heavy atom. The van der Waals surface area contributed by atoms with Crippen molar-refractivity contribution in [3.8, 4) is 17.2 Å². The van der Waals surface area contributed by atoms with Crippen molar-refractivity contribution in [2.45, 2.75) is 12.5 Å². The number of carbonyl (C=O) groups is 1. The molecule has 35 heavy (non-hydrogen) atoms. The van der Waals surface area contributed by atoms with Gasteiger partial charge in [-0.1, -0.05) is 18.2 Å². The van der Waals surface area contributed by atoms with E-state index in [1.807, 2.05) is 11.0 Å². The molecule has 2 N–H and O–H groups in total. The summed E-state index contributed by atoms with van der Waals surface area (Å²) in [7, 11) is 0. The number of nitrogen functional groups attached to an aromatic ring is 1. The van der Waals surface area contributed by atoms with Crippen molar-refractivity contribution in [1.29, 1.82) is 5.26 Å². The van der Waals surface area contributed by atoms with Crippen LogP contribution in [0.2, 0.25) is 5.02 Å². The maximum absolute atomic E-state index is 14.4. The van der Waals surface area contributed by atoms with E-state index < -0.39 is 5.82 Å². The number of amides is 1. The van der Waals surface area contributed by atoms with Crippen LogP contribution in [0.4, 0.5) is 15.9 Å². The quantitative estimate of drug-likeness (QED) is 0.330. The number of nitrogens with two attached hydrogens (primary N) is 1. The van der Waals surface area contributed by atoms with Crippen LogP contribution in [0.1, 0.15) is 6.42 Å². The normalized spacial score (nSPS) is 16.0. The van der Waals surface area contributed by atoms with E-state index >= 15 is 0 Å². The number of piperazine rings is 1. The minimum atomic E-state index is -0.614. The Morgan fingerprint density at radius 3 is 2.94 bits per heavy atom. The summed E-state index contributed by atoms with van der Waals surface area (Å²) < 4.78 is 20.2. The maximum Gasteiger partial charge on any atom is 0.246 e. The van der Waals surface area contributed by atoms with Crippen LogP contribution in [0.25, 0.3) is 33.0 Å². The smallest absolute Gasteiger partial charge is 0.246 e. The number of anilines is 2. The van der Waals surface area contributed by atoms with Gasteiger partial charge in [0.2, 0.25) is 5.91 Å². The Kier molecular flexibility index (Phi) is 5.75. The Balaban J connectivity index is 1.65. The molecule has 1 aliphatic rings. The van der Waals surface area contributed by atoms with Gasteiger partial charge in [-0.3, -0.25) is 4.79 Å². The van der Waals surface area contributed by atoms with E-state index in [0.717, 1.165) is 0 Å². The first-order valence-corrected chi connectivity index (χ1v) is 11.3. The van der Waals surface area contributed by atoms with Gasteiger partial charge in [0.1, 0.15) is 23.5 Å². The number of halogens is 2. The molecule has 2 aromatic heterocycles. The molecule has 10 heteroatoms. The SMILES string of the molecule is C=CC(=O)N1CCN(c2ncnc3cc(-c4cc(N)cc(F)c4Cl)c4ccoc4c23)C[C@@H]1CC#N. The zero-order chi connectivity index (χ0) is 24.7. The molecule has 0 spiro atoms. The number of benzene rings is 2. The van der Waals surface area contributed by atoms with Gasteiger partial charge in [0.15, 0.2) is 0 Å². The molecule has 1 atom stereocenters. The van der Waals surface area contributed by atoms with Gasteiger partial charge in [-0.2, -0.15) is 5.26 Å². The lowest BCUT2D eigenvalue weighted by Gasteiger charge is -2.41. The van der Waals surface area contributed by atoms with Crippen LogP contribution in [0.3, 0.4) is 0 Å². The van der Waals surface area contributed by atoms with Crippen LogP contribution >= 0.6 is 11.6 Å². The third kappa shape index (κ3) is 3.82. The van der Waals surface area contributed by atoms with Crippen molar-refractivity contribution in [2.75, 3.05) is 30.3 Å². The first-order chi connectivity index (χ1) is 16.9. The fourth-order valence-electron chi connectivity index (χ4n) is 4.65. The Morgan fingerprint density at radius 2 is 2.17 bits per heavy atom. The molecular formula is C25H20ClFN6O2. The van der Waals surface area contributed by atoms with Crippen molar-refractivity contribution in [2.24, 2.45) is 0 Å². The lowest BCUT2D eigenvalue weighted by Crippen LogP contribution is -2.55. The fraction of sp³-hybridized carbons (Fsp3) is 0.200. The third-order valence-electron chi connectivity index (χ3n) is 6.23. The van der Waals surface area contributed by atoms with Crippen LogP contribution in [-0.4, -0.2) is 46.5 Å². The van der Waals surface area contributed by atoms with Gasteiger partial charge in [0.05, 0.1) is 40.7 Å². The summed E-state index contributed by atoms with van der Waals surface area (Å²) in [5, 5.41) is 10.7. The average Bonchev–Trinajstić information content (AvgIpc) is 3.35. The molecule has 0 bridgehead atoms. The first kappa shape index (κ1) is 22.6. The van der Waals surface area contributed by atoms with Gasteiger partial charge in [0, 0.05) is 36.3 Å². The zero-order valence-electron chi connectivity index (χ0n) is 18.5. The molecule has 8 nitrogen and oxygen atoms in total. The summed E-state index contributed by atoms with van der Waals surface area (Å²) in [6.07, 6.45) is 4.43. The number of fused-ring (bicyclic) bond motifs is 3. The molecule has 2 aromatic carbocycles. The van der Waals surface area contributed by atoms with Crippen molar-refractivity contribution in [3.05, 3.63) is 60.4 Å². The minimum Gasteiger partial charge on any atom is -0.463 e. The summed E-state index contributed by atoms with van der Waals surface area (Å²) in [5.74, 6) is -0.195. The molecule has 176 valence electrons. The number of nitriles is 1. The van der Waals surface area contributed by atoms with Crippen LogP contribution in [-0.2, 0) is 4.79 Å². The predicted molar refractivity (Wildman–Crippen MR) is 132 cm³/mol. The number of hydrogen-bond donors (Lipinski definition) is 1. The van der Waals surface area contributed by atoms with Gasteiger partial charge >= 0.3 is 0 Å². The van der Waals surface area contributed by atoms with E-state index in [4.69, 9.17) is 21.8 Å². The first-order valence-electron chi connectivity index (χ1n) is 10.9. The highest BCUT2D eigenvalue weighted by Gasteiger charge is 2.31. The number of hydrogen-bond acceptors (Lipinski definition) is 7. The van der Waals surface area contributed by atoms with Gasteiger partial charge < -0.3 is 20.0 Å². The molecule has 5 rings (SSSR count). The van der Waals surface area contributed by atoms with E-state index in [9.17, 15) is 14.4 Å². The number of nitrogens with zero attached hydrogens (tertiary/aromatic N) is 5. The van der Waals surface area contributed by atoms with Gasteiger partial charge in [-0.05, 0) is 35.9 Å². The molecule has 0 unspecified atom stereocenters. The monoisotopic (exact) mass is 490 g/mol. The van der Waals surface area contributed by atoms with Gasteiger partial charge in [-0.15, -0.1) is 0 Å². The Bertz CT molecular complexity index is 1530. The van der Waals surface area contributed by atoms with Crippen LogP contribution in [0, 0.1) is 17.1 Å². The molecule has 1 fully saturated rings. The molecular weight excluding hydrogens is 471 g/mol. The van der Waals surface area contributed by atoms with Crippen LogP contribution in [0.15, 0.2) is 53.9 Å². The summed E-state index contributed by atoms with van der Waals surface area (Å²) >= 11 is 6.30. The van der Waals surface area contributed by atoms with E-state index in [0.29, 0.717) is 58.5 Å². The van der Waals surface area contributed by atoms with Crippen LogP contribution < -0.4 is 10.6 Å². The highest BCUT2D eigenvalue weighted by molar-refractivity contribution is 6.34. The molecule has 3 heterocycles. The molecule has 0 aliphatic carbocycles. The Labute approximate surface area is 205 Å². The fourth-order valence-corrected chi connectivity index (χ4v) is 4.86. The standard InChI is InChI=1S/C25H20ClFN6O2/c1-2-21(34)33-7-6-32(12-15(33)3-5-28)25-22-20(30-13-31-25)11-17(16-4-8-35-24(16)22)18-9-14(29)10-19(27)23(18)26/h2,4,8-11,13,15H,1,3,6-7,12,29H2/t15-/m0/s1. The largest absolute Gasteiger partial charge is 0.463 e. The second-order valence-electron chi connectivity index (χ2n) is 8.24. The van der Waals surface area contributed by atoms with E-state index in [-0.39, 0.29) is 29.1 Å². The summed E-state index contributed by atoms with van der Waals surface area (Å²) in [5.41, 5.74) is 8.30. The van der Waals surface area contributed by atoms with E-state index in [2.05, 4.69) is 22.6 Å². The average molecular weight is 491 g/mol. The van der Waals surface area contributed by atoms with Crippen molar-refractivity contribution in [3.63, 3.8) is 0 Å². The summed E-state index contributed by atoms with van der Waals surface area (Å²) in [6.45, 7) is 4.90. The Hall–Kier alpha value is -4.16. The van der Waals surface area contributed by atoms with E-state index in [1.165, 1.54) is 18.5 Å². The van der Waals surface area contributed by atoms with Crippen LogP contribution in [0.5, 0.6) is 0 Å². The number of carbonyl (C=O) groups excluding carboxylic acids is 1. The zero-order valence-corrected chi connectivity index (χ0v) is 19.3. The molecule has 1 saturated heterocycles. The van der Waals surface area contributed by atoms with Gasteiger partial charge in [0.25, 0.3) is 0 Å². The molecule has 4 aromatic rings. The molecule has 1 amide bonds. The predicted octanol–water partition coefficient (Wildman–Crippen LogP) is 4.53. The molecule has 1 aliphatic heterocycles. The summed E-state index contributed by atoms with van der Waals surface area (Å²) in [4.78, 5) is 24.9. The lowest BCUT2D eigenvalue weighted by molar-refractivity contribution is -0.128. The summed E-state index contributed by atoms with van der Waals surface area (Å²) in [6, 6.07) is 8.22. The lowest BCUT2D eigenvalue weighted by atomic mass is 9.98. The number of furan rings is 1. The van der Waals surface area contributed by atoms with Gasteiger partial charge in [-0.25, -0.2) is 14.4 Å². The van der Waals surface area contributed by atoms with Crippen molar-refractivity contribution >= 4 is 50.9 Å². The molecule has 0 saturated carbocycles. The third-order valence-corrected chi connectivity index (χ3v) is 6.61. The topological polar surface area (TPSA) is 112 Å². The second-order valence-corrected chi connectivity index (χ2v) is 8.62. The number of rotatable bonds is 4. The number of aromatic nitrogens is 2. The highest BCUT2D eigenvalue weighted by Crippen LogP contribution is 2.42. The minimum absolute atomic E-state index is 0.0438. The highest BCUT2D eigenvalue weighted by atomic mass is 35.5. The maximum atomic E-state index is 14.4. The second kappa shape index (κ2) is 8.89.